The summed E-state index contributed by atoms with van der Waals surface area (Å²) in [7, 11) is 0. The molecule has 1 saturated carbocycles. The summed E-state index contributed by atoms with van der Waals surface area (Å²) in [4.78, 5) is 5.15. The lowest BCUT2D eigenvalue weighted by molar-refractivity contribution is 0.233. The molecule has 6 rings (SSSR count). The van der Waals surface area contributed by atoms with Crippen molar-refractivity contribution in [1.29, 1.82) is 0 Å². The van der Waals surface area contributed by atoms with Gasteiger partial charge in [0, 0.05) is 48.6 Å². The van der Waals surface area contributed by atoms with Gasteiger partial charge in [-0.25, -0.2) is 0 Å². The van der Waals surface area contributed by atoms with Gasteiger partial charge in [-0.05, 0) is 54.5 Å². The molecule has 160 valence electrons. The maximum Gasteiger partial charge on any atom is 0.127 e. The first-order chi connectivity index (χ1) is 15.3. The molecule has 3 atom stereocenters. The first-order valence-corrected chi connectivity index (χ1v) is 12.0. The zero-order valence-corrected chi connectivity index (χ0v) is 18.5. The molecule has 3 nitrogen and oxygen atoms in total. The molecular formula is C28H32N2O. The van der Waals surface area contributed by atoms with Crippen molar-refractivity contribution in [3.63, 3.8) is 0 Å². The van der Waals surface area contributed by atoms with E-state index in [0.717, 1.165) is 18.9 Å². The van der Waals surface area contributed by atoms with Crippen molar-refractivity contribution in [3.8, 4) is 5.75 Å². The minimum absolute atomic E-state index is 0.268. The molecule has 2 heterocycles. The molecule has 1 aliphatic carbocycles. The maximum atomic E-state index is 6.47. The Kier molecular flexibility index (Phi) is 4.68. The van der Waals surface area contributed by atoms with Crippen molar-refractivity contribution in [1.82, 2.24) is 4.90 Å². The number of nitrogens with zero attached hydrogens (tertiary/aromatic N) is 2. The fourth-order valence-corrected chi connectivity index (χ4v) is 6.33. The van der Waals surface area contributed by atoms with Crippen molar-refractivity contribution in [2.24, 2.45) is 11.8 Å². The van der Waals surface area contributed by atoms with Crippen molar-refractivity contribution in [2.45, 2.75) is 25.2 Å². The number of fused-ring (bicyclic) bond motifs is 2. The number of hydrogen-bond acceptors (Lipinski definition) is 3. The third kappa shape index (κ3) is 3.13. The zero-order valence-electron chi connectivity index (χ0n) is 18.5. The number of anilines is 1. The second-order valence-corrected chi connectivity index (χ2v) is 9.61. The molecule has 3 fully saturated rings. The third-order valence-corrected chi connectivity index (χ3v) is 8.13. The number of rotatable bonds is 6. The maximum absolute atomic E-state index is 6.47. The number of likely N-dealkylation sites (N-methyl/N-ethyl adjacent to an activating group) is 1. The fourth-order valence-electron chi connectivity index (χ4n) is 6.33. The summed E-state index contributed by atoms with van der Waals surface area (Å²) in [6.45, 7) is 9.02. The average Bonchev–Trinajstić information content (AvgIpc) is 3.21. The second kappa shape index (κ2) is 7.56. The Morgan fingerprint density at radius 2 is 1.71 bits per heavy atom. The van der Waals surface area contributed by atoms with Crippen LogP contribution in [0.3, 0.4) is 0 Å². The van der Waals surface area contributed by atoms with Crippen molar-refractivity contribution in [3.05, 3.63) is 72.3 Å². The summed E-state index contributed by atoms with van der Waals surface area (Å²) in [6.07, 6.45) is 2.65. The normalized spacial score (nSPS) is 27.6. The molecule has 3 aromatic carbocycles. The van der Waals surface area contributed by atoms with Gasteiger partial charge in [0.25, 0.3) is 0 Å². The van der Waals surface area contributed by atoms with E-state index in [-0.39, 0.29) is 5.41 Å². The second-order valence-electron chi connectivity index (χ2n) is 9.61. The molecule has 3 aliphatic rings. The van der Waals surface area contributed by atoms with Gasteiger partial charge in [0.1, 0.15) is 5.75 Å². The van der Waals surface area contributed by atoms with Gasteiger partial charge in [0.15, 0.2) is 0 Å². The van der Waals surface area contributed by atoms with Gasteiger partial charge in [-0.15, -0.1) is 0 Å². The van der Waals surface area contributed by atoms with Crippen LogP contribution in [0, 0.1) is 11.8 Å². The summed E-state index contributed by atoms with van der Waals surface area (Å²) in [5, 5.41) is 2.47. The number of likely N-dealkylation sites (tertiary alicyclic amines) is 1. The minimum atomic E-state index is 0.268. The largest absolute Gasteiger partial charge is 0.493 e. The molecule has 0 spiro atoms. The van der Waals surface area contributed by atoms with E-state index >= 15 is 0 Å². The summed E-state index contributed by atoms with van der Waals surface area (Å²) in [5.74, 6) is 2.34. The van der Waals surface area contributed by atoms with E-state index in [1.54, 1.807) is 0 Å². The van der Waals surface area contributed by atoms with Gasteiger partial charge in [0.05, 0.1) is 6.61 Å². The monoisotopic (exact) mass is 412 g/mol. The molecule has 0 radical (unpaired) electrons. The Bertz CT molecular complexity index is 1070. The van der Waals surface area contributed by atoms with E-state index in [1.165, 1.54) is 61.0 Å². The van der Waals surface area contributed by atoms with Crippen LogP contribution in [0.1, 0.15) is 25.3 Å². The van der Waals surface area contributed by atoms with Gasteiger partial charge in [-0.1, -0.05) is 55.5 Å². The number of ether oxygens (including phenoxy) is 1. The fraction of sp³-hybridized carbons (Fsp3) is 0.429. The molecule has 2 aliphatic heterocycles. The lowest BCUT2D eigenvalue weighted by Crippen LogP contribution is -2.30. The molecule has 3 unspecified atom stereocenters. The van der Waals surface area contributed by atoms with E-state index < -0.39 is 0 Å². The van der Waals surface area contributed by atoms with Crippen LogP contribution in [0.15, 0.2) is 66.7 Å². The van der Waals surface area contributed by atoms with Crippen LogP contribution in [0.25, 0.3) is 10.8 Å². The molecular weight excluding hydrogens is 380 g/mol. The van der Waals surface area contributed by atoms with Crippen molar-refractivity contribution in [2.75, 3.05) is 44.2 Å². The Hall–Kier alpha value is -2.52. The summed E-state index contributed by atoms with van der Waals surface area (Å²) < 4.78 is 6.47. The first-order valence-electron chi connectivity index (χ1n) is 12.0. The summed E-state index contributed by atoms with van der Waals surface area (Å²) >= 11 is 0. The molecule has 0 N–H and O–H groups in total. The van der Waals surface area contributed by atoms with Gasteiger partial charge in [-0.2, -0.15) is 0 Å². The van der Waals surface area contributed by atoms with Gasteiger partial charge in [0.2, 0.25) is 0 Å². The predicted molar refractivity (Wildman–Crippen MR) is 128 cm³/mol. The highest BCUT2D eigenvalue weighted by molar-refractivity contribution is 5.88. The van der Waals surface area contributed by atoms with Crippen LogP contribution in [-0.2, 0) is 5.41 Å². The standard InChI is InChI=1S/C28H32N2O/c1-2-29-18-25-26(19-31-27-11-7-9-21-8-3-4-10-24(21)27)28(25,20-29)22-12-14-23(15-13-22)30-16-5-6-17-30/h3-4,7-15,25-26H,2,5-6,16-20H2,1H3. The Labute approximate surface area is 185 Å². The number of benzene rings is 3. The van der Waals surface area contributed by atoms with Gasteiger partial charge >= 0.3 is 0 Å². The SMILES string of the molecule is CCN1CC2C(COc3cccc4ccccc34)C2(c2ccc(N3CCCC3)cc2)C1. The average molecular weight is 413 g/mol. The highest BCUT2D eigenvalue weighted by Crippen LogP contribution is 2.64. The quantitative estimate of drug-likeness (QED) is 0.544. The zero-order chi connectivity index (χ0) is 20.8. The van der Waals surface area contributed by atoms with Crippen molar-refractivity contribution >= 4 is 16.5 Å². The van der Waals surface area contributed by atoms with Crippen LogP contribution < -0.4 is 9.64 Å². The lowest BCUT2D eigenvalue weighted by atomic mass is 9.92. The van der Waals surface area contributed by atoms with Crippen LogP contribution in [0.5, 0.6) is 5.75 Å². The van der Waals surface area contributed by atoms with Gasteiger partial charge < -0.3 is 14.5 Å². The molecule has 0 bridgehead atoms. The van der Waals surface area contributed by atoms with Crippen LogP contribution >= 0.6 is 0 Å². The van der Waals surface area contributed by atoms with Crippen LogP contribution in [0.4, 0.5) is 5.69 Å². The Morgan fingerprint density at radius 1 is 0.935 bits per heavy atom. The molecule has 0 aromatic heterocycles. The van der Waals surface area contributed by atoms with E-state index in [1.807, 2.05) is 0 Å². The van der Waals surface area contributed by atoms with E-state index in [9.17, 15) is 0 Å². The van der Waals surface area contributed by atoms with E-state index in [4.69, 9.17) is 4.74 Å². The first kappa shape index (κ1) is 19.2. The molecule has 0 amide bonds. The summed E-state index contributed by atoms with van der Waals surface area (Å²) in [6, 6.07) is 24.5. The topological polar surface area (TPSA) is 15.7 Å². The van der Waals surface area contributed by atoms with Crippen LogP contribution in [-0.4, -0.2) is 44.2 Å². The number of piperidine rings is 1. The highest BCUT2D eigenvalue weighted by Gasteiger charge is 2.69. The predicted octanol–water partition coefficient (Wildman–Crippen LogP) is 5.34. The Morgan fingerprint density at radius 3 is 2.52 bits per heavy atom. The van der Waals surface area contributed by atoms with Crippen molar-refractivity contribution < 1.29 is 4.74 Å². The third-order valence-electron chi connectivity index (χ3n) is 8.13. The smallest absolute Gasteiger partial charge is 0.127 e. The molecule has 3 heteroatoms. The van der Waals surface area contributed by atoms with E-state index in [2.05, 4.69) is 83.5 Å². The number of hydrogen-bond donors (Lipinski definition) is 0. The van der Waals surface area contributed by atoms with Gasteiger partial charge in [-0.3, -0.25) is 0 Å². The lowest BCUT2D eigenvalue weighted by Gasteiger charge is -2.24. The molecule has 2 saturated heterocycles. The molecule has 3 aromatic rings. The molecule has 31 heavy (non-hydrogen) atoms. The highest BCUT2D eigenvalue weighted by atomic mass is 16.5. The van der Waals surface area contributed by atoms with Crippen LogP contribution in [0.2, 0.25) is 0 Å². The summed E-state index contributed by atoms with van der Waals surface area (Å²) in [5.41, 5.74) is 3.18. The Balaban J connectivity index is 1.23. The minimum Gasteiger partial charge on any atom is -0.493 e. The van der Waals surface area contributed by atoms with E-state index in [0.29, 0.717) is 11.8 Å².